The molecule has 0 aliphatic carbocycles. The molecule has 1 aromatic rings. The molecule has 2 heterocycles. The van der Waals surface area contributed by atoms with Gasteiger partial charge in [-0.2, -0.15) is 0 Å². The summed E-state index contributed by atoms with van der Waals surface area (Å²) in [6, 6.07) is 0.525. The molecule has 1 fully saturated rings. The standard InChI is InChI=1S/C11H19N3O/c1-2-6-14-7-5-12-11(14)13-10-3-8-15-9-4-10/h5,7,10H,2-4,6,8-9H2,1H3,(H,12,13). The van der Waals surface area contributed by atoms with Crippen LogP contribution in [0.1, 0.15) is 26.2 Å². The zero-order valence-corrected chi connectivity index (χ0v) is 9.28. The minimum absolute atomic E-state index is 0.525. The van der Waals surface area contributed by atoms with Gasteiger partial charge in [-0.15, -0.1) is 0 Å². The molecule has 4 nitrogen and oxygen atoms in total. The van der Waals surface area contributed by atoms with Gasteiger partial charge in [0.05, 0.1) is 0 Å². The molecule has 2 rings (SSSR count). The molecule has 0 amide bonds. The number of ether oxygens (including phenoxy) is 1. The van der Waals surface area contributed by atoms with Gasteiger partial charge in [-0.1, -0.05) is 6.92 Å². The molecule has 84 valence electrons. The maximum atomic E-state index is 5.33. The highest BCUT2D eigenvalue weighted by Crippen LogP contribution is 2.13. The van der Waals surface area contributed by atoms with Crippen molar-refractivity contribution in [1.29, 1.82) is 0 Å². The largest absolute Gasteiger partial charge is 0.381 e. The van der Waals surface area contributed by atoms with Crippen LogP contribution in [0.3, 0.4) is 0 Å². The van der Waals surface area contributed by atoms with E-state index in [1.807, 2.05) is 12.4 Å². The lowest BCUT2D eigenvalue weighted by Crippen LogP contribution is -2.29. The molecule has 1 aliphatic rings. The molecule has 0 aromatic carbocycles. The van der Waals surface area contributed by atoms with Crippen molar-refractivity contribution >= 4 is 5.95 Å². The third-order valence-corrected chi connectivity index (χ3v) is 2.73. The molecule has 0 unspecified atom stereocenters. The normalized spacial score (nSPS) is 17.9. The first-order valence-corrected chi connectivity index (χ1v) is 5.75. The molecule has 15 heavy (non-hydrogen) atoms. The van der Waals surface area contributed by atoms with Crippen LogP contribution in [0.25, 0.3) is 0 Å². The van der Waals surface area contributed by atoms with E-state index in [2.05, 4.69) is 21.8 Å². The minimum Gasteiger partial charge on any atom is -0.381 e. The Hall–Kier alpha value is -1.03. The van der Waals surface area contributed by atoms with Crippen LogP contribution in [0.2, 0.25) is 0 Å². The van der Waals surface area contributed by atoms with Crippen LogP contribution in [0, 0.1) is 0 Å². The van der Waals surface area contributed by atoms with Crippen molar-refractivity contribution in [2.24, 2.45) is 0 Å². The second-order valence-corrected chi connectivity index (χ2v) is 3.98. The van der Waals surface area contributed by atoms with E-state index in [1.54, 1.807) is 0 Å². The summed E-state index contributed by atoms with van der Waals surface area (Å²) >= 11 is 0. The van der Waals surface area contributed by atoms with Crippen LogP contribution in [-0.2, 0) is 11.3 Å². The molecule has 0 radical (unpaired) electrons. The smallest absolute Gasteiger partial charge is 0.202 e. The van der Waals surface area contributed by atoms with Crippen molar-refractivity contribution in [2.75, 3.05) is 18.5 Å². The van der Waals surface area contributed by atoms with E-state index in [4.69, 9.17) is 4.74 Å². The number of imidazole rings is 1. The van der Waals surface area contributed by atoms with Crippen LogP contribution in [0.15, 0.2) is 12.4 Å². The van der Waals surface area contributed by atoms with Gasteiger partial charge in [0.1, 0.15) is 0 Å². The molecule has 0 spiro atoms. The highest BCUT2D eigenvalue weighted by molar-refractivity contribution is 5.27. The molecule has 1 saturated heterocycles. The lowest BCUT2D eigenvalue weighted by atomic mass is 10.1. The summed E-state index contributed by atoms with van der Waals surface area (Å²) in [7, 11) is 0. The van der Waals surface area contributed by atoms with Gasteiger partial charge in [-0.25, -0.2) is 4.98 Å². The Kier molecular flexibility index (Phi) is 3.61. The fourth-order valence-electron chi connectivity index (χ4n) is 1.90. The highest BCUT2D eigenvalue weighted by Gasteiger charge is 2.15. The fourth-order valence-corrected chi connectivity index (χ4v) is 1.90. The summed E-state index contributed by atoms with van der Waals surface area (Å²) in [6.45, 7) is 4.95. The molecular formula is C11H19N3O. The Morgan fingerprint density at radius 3 is 3.07 bits per heavy atom. The Morgan fingerprint density at radius 2 is 2.33 bits per heavy atom. The Morgan fingerprint density at radius 1 is 1.53 bits per heavy atom. The van der Waals surface area contributed by atoms with Gasteiger partial charge in [0.2, 0.25) is 5.95 Å². The number of rotatable bonds is 4. The van der Waals surface area contributed by atoms with Crippen molar-refractivity contribution in [3.63, 3.8) is 0 Å². The molecule has 0 atom stereocenters. The van der Waals surface area contributed by atoms with E-state index < -0.39 is 0 Å². The Labute approximate surface area is 90.6 Å². The van der Waals surface area contributed by atoms with Gasteiger partial charge in [0.25, 0.3) is 0 Å². The van der Waals surface area contributed by atoms with Crippen LogP contribution in [0.4, 0.5) is 5.95 Å². The number of hydrogen-bond acceptors (Lipinski definition) is 3. The van der Waals surface area contributed by atoms with Crippen LogP contribution in [-0.4, -0.2) is 28.8 Å². The van der Waals surface area contributed by atoms with Gasteiger partial charge in [-0.3, -0.25) is 0 Å². The van der Waals surface area contributed by atoms with Gasteiger partial charge in [-0.05, 0) is 19.3 Å². The van der Waals surface area contributed by atoms with Gasteiger partial charge < -0.3 is 14.6 Å². The van der Waals surface area contributed by atoms with Crippen LogP contribution < -0.4 is 5.32 Å². The van der Waals surface area contributed by atoms with Crippen molar-refractivity contribution < 1.29 is 4.74 Å². The molecule has 4 heteroatoms. The molecule has 1 aliphatic heterocycles. The van der Waals surface area contributed by atoms with Crippen molar-refractivity contribution in [3.05, 3.63) is 12.4 Å². The summed E-state index contributed by atoms with van der Waals surface area (Å²) in [6.07, 6.45) is 7.19. The number of nitrogens with zero attached hydrogens (tertiary/aromatic N) is 2. The summed E-state index contributed by atoms with van der Waals surface area (Å²) in [4.78, 5) is 4.34. The van der Waals surface area contributed by atoms with Crippen LogP contribution >= 0.6 is 0 Å². The summed E-state index contributed by atoms with van der Waals surface area (Å²) < 4.78 is 7.51. The van der Waals surface area contributed by atoms with E-state index >= 15 is 0 Å². The monoisotopic (exact) mass is 209 g/mol. The van der Waals surface area contributed by atoms with E-state index in [9.17, 15) is 0 Å². The van der Waals surface area contributed by atoms with Gasteiger partial charge >= 0.3 is 0 Å². The summed E-state index contributed by atoms with van der Waals surface area (Å²) in [5.74, 6) is 1.00. The predicted molar refractivity (Wildman–Crippen MR) is 60.0 cm³/mol. The average molecular weight is 209 g/mol. The average Bonchev–Trinajstić information content (AvgIpc) is 2.68. The zero-order valence-electron chi connectivity index (χ0n) is 9.28. The molecule has 1 N–H and O–H groups in total. The van der Waals surface area contributed by atoms with E-state index in [-0.39, 0.29) is 0 Å². The number of aromatic nitrogens is 2. The quantitative estimate of drug-likeness (QED) is 0.823. The summed E-state index contributed by atoms with van der Waals surface area (Å²) in [5.41, 5.74) is 0. The van der Waals surface area contributed by atoms with E-state index in [0.717, 1.165) is 45.0 Å². The number of nitrogens with one attached hydrogen (secondary N) is 1. The first-order chi connectivity index (χ1) is 7.40. The zero-order chi connectivity index (χ0) is 10.5. The second kappa shape index (κ2) is 5.16. The highest BCUT2D eigenvalue weighted by atomic mass is 16.5. The van der Waals surface area contributed by atoms with Gasteiger partial charge in [0, 0.05) is 38.2 Å². The predicted octanol–water partition coefficient (Wildman–Crippen LogP) is 1.88. The third-order valence-electron chi connectivity index (χ3n) is 2.73. The summed E-state index contributed by atoms with van der Waals surface area (Å²) in [5, 5.41) is 3.49. The minimum atomic E-state index is 0.525. The number of anilines is 1. The maximum Gasteiger partial charge on any atom is 0.202 e. The molecule has 0 saturated carbocycles. The van der Waals surface area contributed by atoms with Crippen molar-refractivity contribution in [3.8, 4) is 0 Å². The van der Waals surface area contributed by atoms with E-state index in [0.29, 0.717) is 6.04 Å². The second-order valence-electron chi connectivity index (χ2n) is 3.98. The third kappa shape index (κ3) is 2.72. The number of hydrogen-bond donors (Lipinski definition) is 1. The topological polar surface area (TPSA) is 39.1 Å². The first kappa shape index (κ1) is 10.5. The molecular weight excluding hydrogens is 190 g/mol. The van der Waals surface area contributed by atoms with Gasteiger partial charge in [0.15, 0.2) is 0 Å². The van der Waals surface area contributed by atoms with E-state index in [1.165, 1.54) is 0 Å². The molecule has 1 aromatic heterocycles. The molecule has 0 bridgehead atoms. The number of aryl methyl sites for hydroxylation is 1. The fraction of sp³-hybridized carbons (Fsp3) is 0.727. The van der Waals surface area contributed by atoms with Crippen molar-refractivity contribution in [1.82, 2.24) is 9.55 Å². The maximum absolute atomic E-state index is 5.33. The van der Waals surface area contributed by atoms with Crippen molar-refractivity contribution in [2.45, 2.75) is 38.8 Å². The SMILES string of the molecule is CCCn1ccnc1NC1CCOCC1. The Balaban J connectivity index is 1.93. The first-order valence-electron chi connectivity index (χ1n) is 5.75. The lowest BCUT2D eigenvalue weighted by molar-refractivity contribution is 0.0902. The lowest BCUT2D eigenvalue weighted by Gasteiger charge is -2.23. The Bertz CT molecular complexity index is 292. The van der Waals surface area contributed by atoms with Crippen LogP contribution in [0.5, 0.6) is 0 Å².